The van der Waals surface area contributed by atoms with E-state index in [-0.39, 0.29) is 18.4 Å². The number of para-hydroxylation sites is 1. The summed E-state index contributed by atoms with van der Waals surface area (Å²) in [6.45, 7) is 5.10. The molecule has 0 fully saturated rings. The van der Waals surface area contributed by atoms with Gasteiger partial charge in [0.1, 0.15) is 5.75 Å². The molecule has 150 valence electrons. The Kier molecular flexibility index (Phi) is 6.63. The lowest BCUT2D eigenvalue weighted by Crippen LogP contribution is -2.34. The molecule has 2 aromatic carbocycles. The van der Waals surface area contributed by atoms with Crippen LogP contribution in [-0.2, 0) is 4.79 Å². The summed E-state index contributed by atoms with van der Waals surface area (Å²) in [6.07, 6.45) is 3.45. The summed E-state index contributed by atoms with van der Waals surface area (Å²) >= 11 is 0. The smallest absolute Gasteiger partial charge is 0.260 e. The van der Waals surface area contributed by atoms with Gasteiger partial charge in [0.05, 0.1) is 11.3 Å². The van der Waals surface area contributed by atoms with Crippen molar-refractivity contribution in [1.29, 1.82) is 0 Å². The molecule has 3 aromatic rings. The standard InChI is InChI=1S/C22H24N4O3/c1-3-25(4-2)21(27)16-29-18-10-7-9-17(15-18)24-22(28)19-11-5-6-12-20(19)26-14-8-13-23-26/h5-15H,3-4,16H2,1-2H3,(H,24,28). The number of likely N-dealkylation sites (N-methyl/N-ethyl adjacent to an activating group) is 1. The van der Waals surface area contributed by atoms with Crippen LogP contribution in [0.5, 0.6) is 5.75 Å². The Hall–Kier alpha value is -3.61. The molecule has 0 atom stereocenters. The van der Waals surface area contributed by atoms with Gasteiger partial charge in [0.15, 0.2) is 6.61 Å². The highest BCUT2D eigenvalue weighted by atomic mass is 16.5. The Morgan fingerprint density at radius 2 is 1.86 bits per heavy atom. The summed E-state index contributed by atoms with van der Waals surface area (Å²) < 4.78 is 7.25. The van der Waals surface area contributed by atoms with Gasteiger partial charge in [-0.3, -0.25) is 9.59 Å². The molecule has 0 saturated heterocycles. The number of amides is 2. The number of benzene rings is 2. The number of carbonyl (C=O) groups is 2. The molecule has 1 N–H and O–H groups in total. The van der Waals surface area contributed by atoms with Crippen molar-refractivity contribution in [2.24, 2.45) is 0 Å². The first-order valence-corrected chi connectivity index (χ1v) is 9.53. The maximum absolute atomic E-state index is 12.8. The number of nitrogens with zero attached hydrogens (tertiary/aromatic N) is 3. The van der Waals surface area contributed by atoms with Gasteiger partial charge < -0.3 is 15.0 Å². The van der Waals surface area contributed by atoms with E-state index in [9.17, 15) is 9.59 Å². The van der Waals surface area contributed by atoms with Crippen LogP contribution >= 0.6 is 0 Å². The van der Waals surface area contributed by atoms with Gasteiger partial charge in [-0.05, 0) is 44.2 Å². The number of hydrogen-bond donors (Lipinski definition) is 1. The zero-order valence-electron chi connectivity index (χ0n) is 16.5. The molecule has 7 nitrogen and oxygen atoms in total. The van der Waals surface area contributed by atoms with E-state index in [1.807, 2.05) is 26.0 Å². The second kappa shape index (κ2) is 9.54. The quantitative estimate of drug-likeness (QED) is 0.638. The van der Waals surface area contributed by atoms with Crippen LogP contribution in [0.2, 0.25) is 0 Å². The molecule has 1 heterocycles. The topological polar surface area (TPSA) is 76.5 Å². The van der Waals surface area contributed by atoms with Gasteiger partial charge in [-0.2, -0.15) is 5.10 Å². The maximum atomic E-state index is 12.8. The third-order valence-corrected chi connectivity index (χ3v) is 4.47. The summed E-state index contributed by atoms with van der Waals surface area (Å²) in [5.74, 6) is 0.189. The second-order valence-corrected chi connectivity index (χ2v) is 6.30. The molecule has 0 aliphatic heterocycles. The fraction of sp³-hybridized carbons (Fsp3) is 0.227. The van der Waals surface area contributed by atoms with Gasteiger partial charge >= 0.3 is 0 Å². The van der Waals surface area contributed by atoms with Gasteiger partial charge in [-0.1, -0.05) is 18.2 Å². The van der Waals surface area contributed by atoms with Crippen LogP contribution in [0.1, 0.15) is 24.2 Å². The third-order valence-electron chi connectivity index (χ3n) is 4.47. The van der Waals surface area contributed by atoms with Crippen LogP contribution in [0.3, 0.4) is 0 Å². The van der Waals surface area contributed by atoms with Gasteiger partial charge in [0.25, 0.3) is 11.8 Å². The lowest BCUT2D eigenvalue weighted by atomic mass is 10.1. The average molecular weight is 392 g/mol. The van der Waals surface area contributed by atoms with Crippen molar-refractivity contribution < 1.29 is 14.3 Å². The minimum absolute atomic E-state index is 0.0405. The van der Waals surface area contributed by atoms with E-state index >= 15 is 0 Å². The van der Waals surface area contributed by atoms with Crippen LogP contribution in [0.25, 0.3) is 5.69 Å². The normalized spacial score (nSPS) is 10.4. The first-order chi connectivity index (χ1) is 14.1. The van der Waals surface area contributed by atoms with Crippen molar-refractivity contribution in [3.63, 3.8) is 0 Å². The lowest BCUT2D eigenvalue weighted by Gasteiger charge is -2.18. The maximum Gasteiger partial charge on any atom is 0.260 e. The van der Waals surface area contributed by atoms with Crippen molar-refractivity contribution in [2.75, 3.05) is 25.0 Å². The molecule has 0 bridgehead atoms. The van der Waals surface area contributed by atoms with E-state index in [0.29, 0.717) is 35.8 Å². The Morgan fingerprint density at radius 3 is 2.59 bits per heavy atom. The number of rotatable bonds is 8. The third kappa shape index (κ3) is 5.01. The predicted molar refractivity (Wildman–Crippen MR) is 111 cm³/mol. The SMILES string of the molecule is CCN(CC)C(=O)COc1cccc(NC(=O)c2ccccc2-n2cccn2)c1. The number of aromatic nitrogens is 2. The van der Waals surface area contributed by atoms with Crippen molar-refractivity contribution in [3.05, 3.63) is 72.6 Å². The molecule has 7 heteroatoms. The van der Waals surface area contributed by atoms with Crippen LogP contribution in [0.15, 0.2) is 67.0 Å². The predicted octanol–water partition coefficient (Wildman–Crippen LogP) is 3.37. The fourth-order valence-corrected chi connectivity index (χ4v) is 2.95. The summed E-state index contributed by atoms with van der Waals surface area (Å²) in [5, 5.41) is 7.08. The summed E-state index contributed by atoms with van der Waals surface area (Å²) in [7, 11) is 0. The van der Waals surface area contributed by atoms with E-state index < -0.39 is 0 Å². The molecule has 2 amide bonds. The largest absolute Gasteiger partial charge is 0.484 e. The van der Waals surface area contributed by atoms with E-state index in [0.717, 1.165) is 0 Å². The molecule has 0 aliphatic carbocycles. The fourth-order valence-electron chi connectivity index (χ4n) is 2.95. The van der Waals surface area contributed by atoms with E-state index in [1.165, 1.54) is 0 Å². The Bertz CT molecular complexity index is 966. The van der Waals surface area contributed by atoms with Gasteiger partial charge in [0, 0.05) is 37.2 Å². The van der Waals surface area contributed by atoms with Crippen molar-refractivity contribution in [2.45, 2.75) is 13.8 Å². The zero-order chi connectivity index (χ0) is 20.6. The number of hydrogen-bond acceptors (Lipinski definition) is 4. The molecule has 0 radical (unpaired) electrons. The van der Waals surface area contributed by atoms with Gasteiger partial charge in [0.2, 0.25) is 0 Å². The summed E-state index contributed by atoms with van der Waals surface area (Å²) in [6, 6.07) is 16.0. The monoisotopic (exact) mass is 392 g/mol. The number of nitrogens with one attached hydrogen (secondary N) is 1. The second-order valence-electron chi connectivity index (χ2n) is 6.30. The Balaban J connectivity index is 1.70. The minimum atomic E-state index is -0.257. The molecular formula is C22H24N4O3. The average Bonchev–Trinajstić information content (AvgIpc) is 3.28. The van der Waals surface area contributed by atoms with Crippen molar-refractivity contribution in [3.8, 4) is 11.4 Å². The van der Waals surface area contributed by atoms with Gasteiger partial charge in [-0.15, -0.1) is 0 Å². The highest BCUT2D eigenvalue weighted by molar-refractivity contribution is 6.06. The van der Waals surface area contributed by atoms with Crippen molar-refractivity contribution in [1.82, 2.24) is 14.7 Å². The van der Waals surface area contributed by atoms with Crippen LogP contribution in [0.4, 0.5) is 5.69 Å². The van der Waals surface area contributed by atoms with E-state index in [1.54, 1.807) is 64.4 Å². The molecule has 0 saturated carbocycles. The molecule has 3 rings (SSSR count). The van der Waals surface area contributed by atoms with Crippen LogP contribution in [-0.4, -0.2) is 46.2 Å². The molecule has 1 aromatic heterocycles. The molecular weight excluding hydrogens is 368 g/mol. The first-order valence-electron chi connectivity index (χ1n) is 9.53. The van der Waals surface area contributed by atoms with Gasteiger partial charge in [-0.25, -0.2) is 4.68 Å². The number of anilines is 1. The molecule has 0 spiro atoms. The Morgan fingerprint density at radius 1 is 1.07 bits per heavy atom. The van der Waals surface area contributed by atoms with Crippen molar-refractivity contribution >= 4 is 17.5 Å². The van der Waals surface area contributed by atoms with E-state index in [2.05, 4.69) is 10.4 Å². The number of carbonyl (C=O) groups excluding carboxylic acids is 2. The molecule has 0 aliphatic rings. The highest BCUT2D eigenvalue weighted by Gasteiger charge is 2.14. The summed E-state index contributed by atoms with van der Waals surface area (Å²) in [4.78, 5) is 26.6. The van der Waals surface area contributed by atoms with Crippen LogP contribution < -0.4 is 10.1 Å². The van der Waals surface area contributed by atoms with Crippen LogP contribution in [0, 0.1) is 0 Å². The minimum Gasteiger partial charge on any atom is -0.484 e. The Labute approximate surface area is 169 Å². The zero-order valence-corrected chi connectivity index (χ0v) is 16.5. The molecule has 29 heavy (non-hydrogen) atoms. The summed E-state index contributed by atoms with van der Waals surface area (Å²) in [5.41, 5.74) is 1.77. The number of ether oxygens (including phenoxy) is 1. The molecule has 0 unspecified atom stereocenters. The lowest BCUT2D eigenvalue weighted by molar-refractivity contribution is -0.132. The highest BCUT2D eigenvalue weighted by Crippen LogP contribution is 2.20. The first kappa shape index (κ1) is 20.1. The van der Waals surface area contributed by atoms with E-state index in [4.69, 9.17) is 4.74 Å².